The lowest BCUT2D eigenvalue weighted by Crippen LogP contribution is -2.54. The van der Waals surface area contributed by atoms with Gasteiger partial charge in [0, 0.05) is 17.5 Å². The van der Waals surface area contributed by atoms with E-state index in [1.807, 2.05) is 0 Å². The normalized spacial score (nSPS) is 14.5. The second-order valence-corrected chi connectivity index (χ2v) is 4.89. The van der Waals surface area contributed by atoms with E-state index in [2.05, 4.69) is 9.72 Å². The van der Waals surface area contributed by atoms with Crippen molar-refractivity contribution in [1.29, 1.82) is 0 Å². The third-order valence-electron chi connectivity index (χ3n) is 3.23. The van der Waals surface area contributed by atoms with Gasteiger partial charge in [0.15, 0.2) is 0 Å². The quantitative estimate of drug-likeness (QED) is 0.691. The van der Waals surface area contributed by atoms with Crippen molar-refractivity contribution in [1.82, 2.24) is 4.98 Å². The molecule has 1 aromatic carbocycles. The first-order chi connectivity index (χ1) is 10.7. The van der Waals surface area contributed by atoms with Crippen LogP contribution in [-0.2, 0) is 16.0 Å². The molecule has 0 amide bonds. The van der Waals surface area contributed by atoms with Gasteiger partial charge in [0.2, 0.25) is 0 Å². The van der Waals surface area contributed by atoms with Crippen molar-refractivity contribution in [2.45, 2.75) is 25.1 Å². The standard InChI is InChI=1S/C15H13F4NO3/c1-2-23-13(21)14(22,15(17,18)19)8-11-5-3-9-7-10(16)4-6-12(9)20-11/h3-7,22H,2,8H2,1H3. The Kier molecular flexibility index (Phi) is 4.56. The summed E-state index contributed by atoms with van der Waals surface area (Å²) in [6.45, 7) is 1.03. The van der Waals surface area contributed by atoms with Crippen LogP contribution in [-0.4, -0.2) is 34.4 Å². The van der Waals surface area contributed by atoms with Gasteiger partial charge in [-0.1, -0.05) is 6.07 Å². The Morgan fingerprint density at radius 2 is 1.96 bits per heavy atom. The van der Waals surface area contributed by atoms with E-state index in [1.165, 1.54) is 31.2 Å². The zero-order valence-electron chi connectivity index (χ0n) is 12.0. The molecule has 1 N–H and O–H groups in total. The van der Waals surface area contributed by atoms with Gasteiger partial charge < -0.3 is 9.84 Å². The number of esters is 1. The van der Waals surface area contributed by atoms with Crippen molar-refractivity contribution in [3.63, 3.8) is 0 Å². The van der Waals surface area contributed by atoms with Crippen molar-refractivity contribution in [3.05, 3.63) is 41.8 Å². The highest BCUT2D eigenvalue weighted by Crippen LogP contribution is 2.34. The second-order valence-electron chi connectivity index (χ2n) is 4.89. The van der Waals surface area contributed by atoms with E-state index in [-0.39, 0.29) is 17.8 Å². The Bertz CT molecular complexity index is 732. The molecule has 1 heterocycles. The van der Waals surface area contributed by atoms with E-state index in [1.54, 1.807) is 0 Å². The topological polar surface area (TPSA) is 59.4 Å². The van der Waals surface area contributed by atoms with Crippen LogP contribution in [0, 0.1) is 5.82 Å². The van der Waals surface area contributed by atoms with Crippen molar-refractivity contribution in [2.24, 2.45) is 0 Å². The van der Waals surface area contributed by atoms with Gasteiger partial charge >= 0.3 is 12.1 Å². The molecule has 0 saturated carbocycles. The molecule has 0 bridgehead atoms. The van der Waals surface area contributed by atoms with Crippen LogP contribution in [0.2, 0.25) is 0 Å². The molecule has 0 aliphatic carbocycles. The summed E-state index contributed by atoms with van der Waals surface area (Å²) in [5.41, 5.74) is -3.61. The summed E-state index contributed by atoms with van der Waals surface area (Å²) in [5.74, 6) is -2.29. The average molecular weight is 331 g/mol. The first kappa shape index (κ1) is 17.1. The van der Waals surface area contributed by atoms with Crippen molar-refractivity contribution >= 4 is 16.9 Å². The number of aromatic nitrogens is 1. The molecule has 23 heavy (non-hydrogen) atoms. The Morgan fingerprint density at radius 3 is 2.57 bits per heavy atom. The van der Waals surface area contributed by atoms with Crippen molar-refractivity contribution < 1.29 is 32.2 Å². The molecule has 2 aromatic rings. The van der Waals surface area contributed by atoms with Gasteiger partial charge in [0.05, 0.1) is 12.1 Å². The minimum atomic E-state index is -5.22. The molecular formula is C15H13F4NO3. The molecule has 0 aliphatic rings. The van der Waals surface area contributed by atoms with Crippen LogP contribution in [0.15, 0.2) is 30.3 Å². The number of benzene rings is 1. The molecule has 2 rings (SSSR count). The zero-order valence-corrected chi connectivity index (χ0v) is 12.0. The number of carbonyl (C=O) groups is 1. The number of aliphatic hydroxyl groups is 1. The average Bonchev–Trinajstić information content (AvgIpc) is 2.46. The van der Waals surface area contributed by atoms with E-state index >= 15 is 0 Å². The maximum atomic E-state index is 13.1. The van der Waals surface area contributed by atoms with E-state index in [4.69, 9.17) is 0 Å². The summed E-state index contributed by atoms with van der Waals surface area (Å²) in [7, 11) is 0. The summed E-state index contributed by atoms with van der Waals surface area (Å²) < 4.78 is 56.7. The first-order valence-electron chi connectivity index (χ1n) is 6.69. The summed E-state index contributed by atoms with van der Waals surface area (Å²) in [6.07, 6.45) is -6.32. The molecular weight excluding hydrogens is 318 g/mol. The molecule has 124 valence electrons. The van der Waals surface area contributed by atoms with Gasteiger partial charge in [-0.15, -0.1) is 0 Å². The number of alkyl halides is 3. The monoisotopic (exact) mass is 331 g/mol. The fraction of sp³-hybridized carbons (Fsp3) is 0.333. The summed E-state index contributed by atoms with van der Waals surface area (Å²) in [4.78, 5) is 15.5. The largest absolute Gasteiger partial charge is 0.464 e. The number of halogens is 4. The van der Waals surface area contributed by atoms with Gasteiger partial charge in [0.25, 0.3) is 5.60 Å². The number of nitrogens with zero attached hydrogens (tertiary/aromatic N) is 1. The highest BCUT2D eigenvalue weighted by Gasteiger charge is 2.61. The van der Waals surface area contributed by atoms with Crippen LogP contribution in [0.25, 0.3) is 10.9 Å². The lowest BCUT2D eigenvalue weighted by atomic mass is 9.96. The Balaban J connectivity index is 2.40. The predicted octanol–water partition coefficient (Wildman–Crippen LogP) is 2.77. The molecule has 0 radical (unpaired) electrons. The van der Waals surface area contributed by atoms with E-state index in [0.717, 1.165) is 6.07 Å². The minimum absolute atomic E-state index is 0.169. The Labute approximate surface area is 128 Å². The van der Waals surface area contributed by atoms with Crippen LogP contribution in [0.1, 0.15) is 12.6 Å². The lowest BCUT2D eigenvalue weighted by Gasteiger charge is -2.27. The first-order valence-corrected chi connectivity index (χ1v) is 6.69. The molecule has 4 nitrogen and oxygen atoms in total. The molecule has 0 aliphatic heterocycles. The number of hydrogen-bond acceptors (Lipinski definition) is 4. The number of pyridine rings is 1. The number of hydrogen-bond donors (Lipinski definition) is 1. The summed E-state index contributed by atoms with van der Waals surface area (Å²) in [6, 6.07) is 6.14. The number of fused-ring (bicyclic) bond motifs is 1. The van der Waals surface area contributed by atoms with E-state index < -0.39 is 30.0 Å². The predicted molar refractivity (Wildman–Crippen MR) is 73.0 cm³/mol. The highest BCUT2D eigenvalue weighted by molar-refractivity contribution is 5.81. The minimum Gasteiger partial charge on any atom is -0.464 e. The fourth-order valence-corrected chi connectivity index (χ4v) is 2.04. The van der Waals surface area contributed by atoms with Crippen LogP contribution in [0.5, 0.6) is 0 Å². The summed E-state index contributed by atoms with van der Waals surface area (Å²) in [5, 5.41) is 10.2. The third kappa shape index (κ3) is 3.42. The van der Waals surface area contributed by atoms with Crippen LogP contribution < -0.4 is 0 Å². The molecule has 1 atom stereocenters. The molecule has 0 fully saturated rings. The smallest absolute Gasteiger partial charge is 0.428 e. The Morgan fingerprint density at radius 1 is 1.26 bits per heavy atom. The van der Waals surface area contributed by atoms with Gasteiger partial charge in [-0.25, -0.2) is 9.18 Å². The number of carbonyl (C=O) groups excluding carboxylic acids is 1. The molecule has 1 unspecified atom stereocenters. The highest BCUT2D eigenvalue weighted by atomic mass is 19.4. The maximum absolute atomic E-state index is 13.1. The molecule has 8 heteroatoms. The van der Waals surface area contributed by atoms with E-state index in [0.29, 0.717) is 5.39 Å². The molecule has 0 saturated heterocycles. The Hall–Kier alpha value is -2.22. The van der Waals surface area contributed by atoms with Crippen LogP contribution in [0.3, 0.4) is 0 Å². The van der Waals surface area contributed by atoms with Crippen LogP contribution >= 0.6 is 0 Å². The summed E-state index contributed by atoms with van der Waals surface area (Å²) >= 11 is 0. The van der Waals surface area contributed by atoms with E-state index in [9.17, 15) is 27.5 Å². The zero-order chi connectivity index (χ0) is 17.3. The number of ether oxygens (including phenoxy) is 1. The van der Waals surface area contributed by atoms with Crippen molar-refractivity contribution in [2.75, 3.05) is 6.61 Å². The van der Waals surface area contributed by atoms with Crippen LogP contribution in [0.4, 0.5) is 17.6 Å². The lowest BCUT2D eigenvalue weighted by molar-refractivity contribution is -0.262. The molecule has 0 spiro atoms. The molecule has 1 aromatic heterocycles. The maximum Gasteiger partial charge on any atom is 0.428 e. The van der Waals surface area contributed by atoms with Gasteiger partial charge in [0.1, 0.15) is 5.82 Å². The van der Waals surface area contributed by atoms with Gasteiger partial charge in [-0.2, -0.15) is 13.2 Å². The SMILES string of the molecule is CCOC(=O)C(O)(Cc1ccc2cc(F)ccc2n1)C(F)(F)F. The third-order valence-corrected chi connectivity index (χ3v) is 3.23. The second kappa shape index (κ2) is 6.11. The fourth-order valence-electron chi connectivity index (χ4n) is 2.04. The number of rotatable bonds is 4. The van der Waals surface area contributed by atoms with Gasteiger partial charge in [-0.3, -0.25) is 4.98 Å². The van der Waals surface area contributed by atoms with Crippen molar-refractivity contribution in [3.8, 4) is 0 Å². The van der Waals surface area contributed by atoms with Gasteiger partial charge in [-0.05, 0) is 31.2 Å².